The van der Waals surface area contributed by atoms with Gasteiger partial charge in [-0.1, -0.05) is 0 Å². The molecule has 0 aromatic carbocycles. The first-order chi connectivity index (χ1) is 10.8. The third-order valence-corrected chi connectivity index (χ3v) is 4.78. The van der Waals surface area contributed by atoms with Gasteiger partial charge in [-0.3, -0.25) is 9.89 Å². The van der Waals surface area contributed by atoms with Crippen molar-refractivity contribution in [2.24, 2.45) is 4.99 Å². The van der Waals surface area contributed by atoms with Gasteiger partial charge in [0.2, 0.25) is 0 Å². The van der Waals surface area contributed by atoms with E-state index in [0.29, 0.717) is 12.1 Å². The summed E-state index contributed by atoms with van der Waals surface area (Å²) in [5.74, 6) is 0.880. The molecule has 0 bridgehead atoms. The number of rotatable bonds is 5. The molecule has 22 heavy (non-hydrogen) atoms. The zero-order valence-corrected chi connectivity index (χ0v) is 13.7. The number of morpholine rings is 1. The van der Waals surface area contributed by atoms with Gasteiger partial charge >= 0.3 is 0 Å². The molecular weight excluding hydrogens is 280 g/mol. The molecule has 3 saturated heterocycles. The van der Waals surface area contributed by atoms with E-state index in [1.54, 1.807) is 0 Å². The maximum atomic E-state index is 5.97. The molecule has 0 aromatic heterocycles. The summed E-state index contributed by atoms with van der Waals surface area (Å²) < 4.78 is 11.6. The summed E-state index contributed by atoms with van der Waals surface area (Å²) >= 11 is 0. The van der Waals surface area contributed by atoms with Crippen molar-refractivity contribution in [1.29, 1.82) is 0 Å². The fourth-order valence-corrected chi connectivity index (χ4v) is 3.55. The second-order valence-electron chi connectivity index (χ2n) is 6.48. The number of nitrogens with zero attached hydrogens (tertiary/aromatic N) is 2. The van der Waals surface area contributed by atoms with Gasteiger partial charge in [0.25, 0.3) is 0 Å². The lowest BCUT2D eigenvalue weighted by Crippen LogP contribution is -2.48. The summed E-state index contributed by atoms with van der Waals surface area (Å²) in [6.45, 7) is 8.56. The van der Waals surface area contributed by atoms with E-state index in [1.807, 2.05) is 0 Å². The molecule has 2 N–H and O–H groups in total. The van der Waals surface area contributed by atoms with Gasteiger partial charge in [0.1, 0.15) is 0 Å². The normalized spacial score (nSPS) is 33.0. The molecule has 0 amide bonds. The van der Waals surface area contributed by atoms with Crippen molar-refractivity contribution in [3.63, 3.8) is 0 Å². The second-order valence-corrected chi connectivity index (χ2v) is 6.48. The first kappa shape index (κ1) is 16.0. The molecule has 6 heteroatoms. The molecule has 3 unspecified atom stereocenters. The SMILES string of the molecule is CCNC(=NCC1CN2CCCC2CO1)NCC1CCCO1. The summed E-state index contributed by atoms with van der Waals surface area (Å²) in [5.41, 5.74) is 0. The molecule has 3 atom stereocenters. The molecule has 0 saturated carbocycles. The molecule has 3 heterocycles. The minimum atomic E-state index is 0.229. The quantitative estimate of drug-likeness (QED) is 0.575. The van der Waals surface area contributed by atoms with Gasteiger partial charge in [-0.25, -0.2) is 0 Å². The number of fused-ring (bicyclic) bond motifs is 1. The molecule has 6 nitrogen and oxygen atoms in total. The van der Waals surface area contributed by atoms with Crippen molar-refractivity contribution in [1.82, 2.24) is 15.5 Å². The summed E-state index contributed by atoms with van der Waals surface area (Å²) in [7, 11) is 0. The van der Waals surface area contributed by atoms with Crippen molar-refractivity contribution >= 4 is 5.96 Å². The van der Waals surface area contributed by atoms with Crippen molar-refractivity contribution in [3.05, 3.63) is 0 Å². The van der Waals surface area contributed by atoms with Crippen molar-refractivity contribution in [3.8, 4) is 0 Å². The molecular formula is C16H30N4O2. The predicted molar refractivity (Wildman–Crippen MR) is 87.3 cm³/mol. The molecule has 126 valence electrons. The Hall–Kier alpha value is -0.850. The Balaban J connectivity index is 1.44. The summed E-state index contributed by atoms with van der Waals surface area (Å²) in [6.07, 6.45) is 5.49. The van der Waals surface area contributed by atoms with Crippen LogP contribution in [0.1, 0.15) is 32.6 Å². The van der Waals surface area contributed by atoms with Crippen LogP contribution in [-0.4, -0.2) is 75.0 Å². The largest absolute Gasteiger partial charge is 0.376 e. The van der Waals surface area contributed by atoms with Crippen LogP contribution in [-0.2, 0) is 9.47 Å². The fourth-order valence-electron chi connectivity index (χ4n) is 3.55. The van der Waals surface area contributed by atoms with Crippen molar-refractivity contribution < 1.29 is 9.47 Å². The van der Waals surface area contributed by atoms with Crippen LogP contribution in [0.15, 0.2) is 4.99 Å². The van der Waals surface area contributed by atoms with Crippen LogP contribution in [0.5, 0.6) is 0 Å². The Kier molecular flexibility index (Phi) is 5.92. The van der Waals surface area contributed by atoms with Gasteiger partial charge < -0.3 is 20.1 Å². The highest BCUT2D eigenvalue weighted by Gasteiger charge is 2.32. The predicted octanol–water partition coefficient (Wildman–Crippen LogP) is 0.584. The lowest BCUT2D eigenvalue weighted by Gasteiger charge is -2.34. The molecule has 0 spiro atoms. The third kappa shape index (κ3) is 4.33. The van der Waals surface area contributed by atoms with Crippen LogP contribution in [0.3, 0.4) is 0 Å². The number of hydrogen-bond donors (Lipinski definition) is 2. The van der Waals surface area contributed by atoms with Crippen molar-refractivity contribution in [2.45, 2.75) is 50.9 Å². The first-order valence-corrected chi connectivity index (χ1v) is 8.84. The van der Waals surface area contributed by atoms with Gasteiger partial charge in [0, 0.05) is 32.3 Å². The van der Waals surface area contributed by atoms with Gasteiger partial charge in [-0.15, -0.1) is 0 Å². The number of hydrogen-bond acceptors (Lipinski definition) is 4. The lowest BCUT2D eigenvalue weighted by molar-refractivity contribution is -0.0432. The Morgan fingerprint density at radius 3 is 2.95 bits per heavy atom. The Labute approximate surface area is 133 Å². The van der Waals surface area contributed by atoms with Gasteiger partial charge in [-0.2, -0.15) is 0 Å². The minimum absolute atomic E-state index is 0.229. The smallest absolute Gasteiger partial charge is 0.191 e. The Morgan fingerprint density at radius 1 is 1.18 bits per heavy atom. The van der Waals surface area contributed by atoms with Crippen LogP contribution in [0.25, 0.3) is 0 Å². The zero-order chi connectivity index (χ0) is 15.2. The average molecular weight is 310 g/mol. The van der Waals surface area contributed by atoms with Crippen LogP contribution in [0.4, 0.5) is 0 Å². The summed E-state index contributed by atoms with van der Waals surface area (Å²) in [4.78, 5) is 7.27. The van der Waals surface area contributed by atoms with Crippen LogP contribution in [0, 0.1) is 0 Å². The van der Waals surface area contributed by atoms with E-state index in [0.717, 1.165) is 51.8 Å². The number of nitrogens with one attached hydrogen (secondary N) is 2. The monoisotopic (exact) mass is 310 g/mol. The minimum Gasteiger partial charge on any atom is -0.376 e. The highest BCUT2D eigenvalue weighted by atomic mass is 16.5. The van der Waals surface area contributed by atoms with E-state index < -0.39 is 0 Å². The molecule has 0 radical (unpaired) electrons. The number of ether oxygens (including phenoxy) is 2. The fraction of sp³-hybridized carbons (Fsp3) is 0.938. The molecule has 3 fully saturated rings. The van der Waals surface area contributed by atoms with E-state index in [9.17, 15) is 0 Å². The van der Waals surface area contributed by atoms with Gasteiger partial charge in [0.15, 0.2) is 5.96 Å². The van der Waals surface area contributed by atoms with E-state index in [2.05, 4.69) is 22.5 Å². The zero-order valence-electron chi connectivity index (χ0n) is 13.7. The second kappa shape index (κ2) is 8.13. The number of aliphatic imine (C=N–C) groups is 1. The topological polar surface area (TPSA) is 58.1 Å². The highest BCUT2D eigenvalue weighted by molar-refractivity contribution is 5.79. The van der Waals surface area contributed by atoms with Gasteiger partial charge in [0.05, 0.1) is 25.4 Å². The number of guanidine groups is 1. The molecule has 3 aliphatic rings. The Morgan fingerprint density at radius 2 is 2.14 bits per heavy atom. The van der Waals surface area contributed by atoms with E-state index in [1.165, 1.54) is 25.8 Å². The standard InChI is InChI=1S/C16H30N4O2/c1-2-17-16(18-9-14-6-4-8-21-14)19-10-15-11-20-7-3-5-13(20)12-22-15/h13-15H,2-12H2,1H3,(H2,17,18,19). The van der Waals surface area contributed by atoms with Gasteiger partial charge in [-0.05, 0) is 39.2 Å². The molecule has 3 rings (SSSR count). The maximum absolute atomic E-state index is 5.97. The lowest BCUT2D eigenvalue weighted by atomic mass is 10.2. The van der Waals surface area contributed by atoms with Crippen molar-refractivity contribution in [2.75, 3.05) is 45.9 Å². The molecule has 3 aliphatic heterocycles. The molecule has 0 aliphatic carbocycles. The summed E-state index contributed by atoms with van der Waals surface area (Å²) in [6, 6.07) is 0.658. The van der Waals surface area contributed by atoms with Crippen LogP contribution >= 0.6 is 0 Å². The maximum Gasteiger partial charge on any atom is 0.191 e. The molecule has 0 aromatic rings. The van der Waals surface area contributed by atoms with Crippen LogP contribution < -0.4 is 10.6 Å². The third-order valence-electron chi connectivity index (χ3n) is 4.78. The average Bonchev–Trinajstić information content (AvgIpc) is 3.20. The van der Waals surface area contributed by atoms with E-state index in [-0.39, 0.29) is 6.10 Å². The Bertz CT molecular complexity index is 371. The van der Waals surface area contributed by atoms with Crippen LogP contribution in [0.2, 0.25) is 0 Å². The first-order valence-electron chi connectivity index (χ1n) is 8.84. The van der Waals surface area contributed by atoms with E-state index in [4.69, 9.17) is 14.5 Å². The highest BCUT2D eigenvalue weighted by Crippen LogP contribution is 2.22. The summed E-state index contributed by atoms with van der Waals surface area (Å²) in [5, 5.41) is 6.70. The van der Waals surface area contributed by atoms with E-state index >= 15 is 0 Å².